The average molecular weight is 234 g/mol. The molecule has 1 aromatic rings. The molecule has 0 aromatic carbocycles. The van der Waals surface area contributed by atoms with Gasteiger partial charge in [0.2, 0.25) is 0 Å². The highest BCUT2D eigenvalue weighted by molar-refractivity contribution is 5.54. The van der Waals surface area contributed by atoms with Gasteiger partial charge in [0.05, 0.1) is 6.61 Å². The van der Waals surface area contributed by atoms with Crippen molar-refractivity contribution in [1.82, 2.24) is 4.98 Å². The highest BCUT2D eigenvalue weighted by Crippen LogP contribution is 2.30. The Labute approximate surface area is 103 Å². The van der Waals surface area contributed by atoms with E-state index >= 15 is 0 Å². The summed E-state index contributed by atoms with van der Waals surface area (Å²) < 4.78 is 0. The fraction of sp³-hybridized carbons (Fsp3) is 0.643. The molecule has 0 spiro atoms. The monoisotopic (exact) mass is 234 g/mol. The van der Waals surface area contributed by atoms with Gasteiger partial charge in [0.1, 0.15) is 0 Å². The molecule has 1 aliphatic heterocycles. The zero-order chi connectivity index (χ0) is 12.4. The van der Waals surface area contributed by atoms with Crippen molar-refractivity contribution < 1.29 is 5.11 Å². The highest BCUT2D eigenvalue weighted by Gasteiger charge is 2.26. The Balaban J connectivity index is 2.20. The average Bonchev–Trinajstić information content (AvgIpc) is 2.78. The molecule has 0 bridgehead atoms. The van der Waals surface area contributed by atoms with E-state index in [0.717, 1.165) is 36.2 Å². The SMILES string of the molecule is Cc1cc(N2CCC(C(C)C)C2)c(CO)cn1. The molecule has 1 saturated heterocycles. The lowest BCUT2D eigenvalue weighted by Gasteiger charge is -2.22. The fourth-order valence-corrected chi connectivity index (χ4v) is 2.54. The van der Waals surface area contributed by atoms with Gasteiger partial charge in [0.25, 0.3) is 0 Å². The van der Waals surface area contributed by atoms with Crippen molar-refractivity contribution in [2.45, 2.75) is 33.8 Å². The largest absolute Gasteiger partial charge is 0.392 e. The summed E-state index contributed by atoms with van der Waals surface area (Å²) in [6.45, 7) is 8.86. The van der Waals surface area contributed by atoms with Crippen LogP contribution in [0.25, 0.3) is 0 Å². The quantitative estimate of drug-likeness (QED) is 0.872. The summed E-state index contributed by atoms with van der Waals surface area (Å²) >= 11 is 0. The van der Waals surface area contributed by atoms with Crippen LogP contribution in [0.3, 0.4) is 0 Å². The molecule has 1 unspecified atom stereocenters. The molecule has 1 atom stereocenters. The van der Waals surface area contributed by atoms with E-state index in [1.807, 2.05) is 6.92 Å². The summed E-state index contributed by atoms with van der Waals surface area (Å²) in [6.07, 6.45) is 3.05. The van der Waals surface area contributed by atoms with Crippen molar-refractivity contribution in [2.75, 3.05) is 18.0 Å². The molecule has 0 saturated carbocycles. The van der Waals surface area contributed by atoms with Gasteiger partial charge in [0.15, 0.2) is 0 Å². The summed E-state index contributed by atoms with van der Waals surface area (Å²) in [5.74, 6) is 1.51. The van der Waals surface area contributed by atoms with Gasteiger partial charge in [-0.05, 0) is 31.2 Å². The number of pyridine rings is 1. The molecular weight excluding hydrogens is 212 g/mol. The molecule has 0 aliphatic carbocycles. The first kappa shape index (κ1) is 12.4. The van der Waals surface area contributed by atoms with Crippen LogP contribution < -0.4 is 4.90 Å². The minimum absolute atomic E-state index is 0.0749. The van der Waals surface area contributed by atoms with Gasteiger partial charge in [-0.25, -0.2) is 0 Å². The van der Waals surface area contributed by atoms with Gasteiger partial charge in [-0.1, -0.05) is 13.8 Å². The third-order valence-corrected chi connectivity index (χ3v) is 3.78. The third kappa shape index (κ3) is 2.60. The van der Waals surface area contributed by atoms with Crippen LogP contribution in [0.1, 0.15) is 31.5 Å². The summed E-state index contributed by atoms with van der Waals surface area (Å²) in [4.78, 5) is 6.64. The van der Waals surface area contributed by atoms with Crippen molar-refractivity contribution in [3.05, 3.63) is 23.5 Å². The minimum Gasteiger partial charge on any atom is -0.392 e. The van der Waals surface area contributed by atoms with E-state index in [-0.39, 0.29) is 6.61 Å². The number of aliphatic hydroxyl groups is 1. The van der Waals surface area contributed by atoms with E-state index in [4.69, 9.17) is 0 Å². The van der Waals surface area contributed by atoms with Crippen LogP contribution in [0.5, 0.6) is 0 Å². The predicted molar refractivity (Wildman–Crippen MR) is 70.1 cm³/mol. The lowest BCUT2D eigenvalue weighted by molar-refractivity contribution is 0.281. The molecule has 1 N–H and O–H groups in total. The molecule has 3 nitrogen and oxygen atoms in total. The number of anilines is 1. The van der Waals surface area contributed by atoms with Crippen LogP contribution in [0, 0.1) is 18.8 Å². The van der Waals surface area contributed by atoms with Crippen molar-refractivity contribution in [2.24, 2.45) is 11.8 Å². The van der Waals surface area contributed by atoms with Gasteiger partial charge in [-0.3, -0.25) is 4.98 Å². The summed E-state index contributed by atoms with van der Waals surface area (Å²) in [5.41, 5.74) is 3.13. The fourth-order valence-electron chi connectivity index (χ4n) is 2.54. The first-order chi connectivity index (χ1) is 8.11. The van der Waals surface area contributed by atoms with Crippen molar-refractivity contribution in [3.63, 3.8) is 0 Å². The first-order valence-electron chi connectivity index (χ1n) is 6.43. The summed E-state index contributed by atoms with van der Waals surface area (Å²) in [5, 5.41) is 9.38. The van der Waals surface area contributed by atoms with Crippen LogP contribution in [-0.2, 0) is 6.61 Å². The Hall–Kier alpha value is -1.09. The van der Waals surface area contributed by atoms with Crippen LogP contribution in [0.15, 0.2) is 12.3 Å². The van der Waals surface area contributed by atoms with Crippen LogP contribution in [0.4, 0.5) is 5.69 Å². The molecule has 1 aromatic heterocycles. The molecule has 1 aliphatic rings. The van der Waals surface area contributed by atoms with E-state index < -0.39 is 0 Å². The highest BCUT2D eigenvalue weighted by atomic mass is 16.3. The Morgan fingerprint density at radius 2 is 2.29 bits per heavy atom. The van der Waals surface area contributed by atoms with Gasteiger partial charge in [-0.2, -0.15) is 0 Å². The van der Waals surface area contributed by atoms with E-state index in [2.05, 4.69) is 29.8 Å². The maximum atomic E-state index is 9.38. The Bertz CT molecular complexity index is 390. The van der Waals surface area contributed by atoms with Crippen LogP contribution >= 0.6 is 0 Å². The van der Waals surface area contributed by atoms with Crippen LogP contribution in [0.2, 0.25) is 0 Å². The molecule has 0 radical (unpaired) electrons. The molecule has 0 amide bonds. The predicted octanol–water partition coefficient (Wildman–Crippen LogP) is 2.36. The topological polar surface area (TPSA) is 36.4 Å². The van der Waals surface area contributed by atoms with Crippen molar-refractivity contribution >= 4 is 5.69 Å². The maximum Gasteiger partial charge on any atom is 0.0717 e. The maximum absolute atomic E-state index is 9.38. The Morgan fingerprint density at radius 3 is 2.88 bits per heavy atom. The third-order valence-electron chi connectivity index (χ3n) is 3.78. The van der Waals surface area contributed by atoms with Crippen molar-refractivity contribution in [1.29, 1.82) is 0 Å². The first-order valence-corrected chi connectivity index (χ1v) is 6.43. The number of rotatable bonds is 3. The summed E-state index contributed by atoms with van der Waals surface area (Å²) in [6, 6.07) is 2.09. The normalized spacial score (nSPS) is 20.3. The van der Waals surface area contributed by atoms with E-state index in [1.165, 1.54) is 12.1 Å². The molecular formula is C14H22N2O. The zero-order valence-corrected chi connectivity index (χ0v) is 11.0. The lowest BCUT2D eigenvalue weighted by atomic mass is 9.95. The standard InChI is InChI=1S/C14H22N2O/c1-10(2)12-4-5-16(8-12)14-6-11(3)15-7-13(14)9-17/h6-7,10,12,17H,4-5,8-9H2,1-3H3. The second kappa shape index (κ2) is 5.05. The van der Waals surface area contributed by atoms with E-state index in [0.29, 0.717) is 0 Å². The number of aryl methyl sites for hydroxylation is 1. The molecule has 2 rings (SSSR count). The van der Waals surface area contributed by atoms with Crippen molar-refractivity contribution in [3.8, 4) is 0 Å². The van der Waals surface area contributed by atoms with Gasteiger partial charge in [0, 0.05) is 36.2 Å². The van der Waals surface area contributed by atoms with Crippen LogP contribution in [-0.4, -0.2) is 23.2 Å². The minimum atomic E-state index is 0.0749. The molecule has 3 heteroatoms. The van der Waals surface area contributed by atoms with Gasteiger partial charge >= 0.3 is 0 Å². The molecule has 94 valence electrons. The number of nitrogens with zero attached hydrogens (tertiary/aromatic N) is 2. The number of aliphatic hydroxyl groups excluding tert-OH is 1. The number of hydrogen-bond donors (Lipinski definition) is 1. The number of hydrogen-bond acceptors (Lipinski definition) is 3. The summed E-state index contributed by atoms with van der Waals surface area (Å²) in [7, 11) is 0. The second-order valence-corrected chi connectivity index (χ2v) is 5.35. The molecule has 1 fully saturated rings. The molecule has 2 heterocycles. The van der Waals surface area contributed by atoms with Gasteiger partial charge < -0.3 is 10.0 Å². The lowest BCUT2D eigenvalue weighted by Crippen LogP contribution is -2.22. The zero-order valence-electron chi connectivity index (χ0n) is 11.0. The number of aromatic nitrogens is 1. The Morgan fingerprint density at radius 1 is 1.53 bits per heavy atom. The Kier molecular flexibility index (Phi) is 3.67. The molecule has 17 heavy (non-hydrogen) atoms. The van der Waals surface area contributed by atoms with E-state index in [9.17, 15) is 5.11 Å². The smallest absolute Gasteiger partial charge is 0.0717 e. The van der Waals surface area contributed by atoms with E-state index in [1.54, 1.807) is 6.20 Å². The second-order valence-electron chi connectivity index (χ2n) is 5.35. The van der Waals surface area contributed by atoms with Gasteiger partial charge in [-0.15, -0.1) is 0 Å².